The monoisotopic (exact) mass is 285 g/mol. The molecule has 0 amide bonds. The van der Waals surface area contributed by atoms with Crippen LogP contribution in [0.2, 0.25) is 0 Å². The van der Waals surface area contributed by atoms with Gasteiger partial charge in [0.05, 0.1) is 6.61 Å². The van der Waals surface area contributed by atoms with Gasteiger partial charge in [0.1, 0.15) is 5.75 Å². The molecule has 0 aliphatic carbocycles. The predicted molar refractivity (Wildman–Crippen MR) is 71.9 cm³/mol. The number of nitrogens with one attached hydrogen (secondary N) is 1. The largest absolute Gasteiger partial charge is 0.493 e. The zero-order valence-corrected chi connectivity index (χ0v) is 12.0. The highest BCUT2D eigenvalue weighted by atomic mass is 79.9. The third kappa shape index (κ3) is 3.80. The molecule has 1 rings (SSSR count). The van der Waals surface area contributed by atoms with E-state index in [1.807, 2.05) is 19.2 Å². The molecule has 0 bridgehead atoms. The summed E-state index contributed by atoms with van der Waals surface area (Å²) in [6.45, 7) is 7.19. The summed E-state index contributed by atoms with van der Waals surface area (Å²) < 4.78 is 6.90. The van der Waals surface area contributed by atoms with Gasteiger partial charge in [-0.1, -0.05) is 29.8 Å². The van der Waals surface area contributed by atoms with E-state index in [-0.39, 0.29) is 0 Å². The molecule has 0 spiro atoms. The molecule has 1 unspecified atom stereocenters. The zero-order valence-electron chi connectivity index (χ0n) is 10.4. The number of halogens is 1. The summed E-state index contributed by atoms with van der Waals surface area (Å²) in [5.74, 6) is 1.51. The van der Waals surface area contributed by atoms with Crippen LogP contribution in [0.4, 0.5) is 0 Å². The number of rotatable bonds is 5. The first kappa shape index (κ1) is 13.5. The molecular weight excluding hydrogens is 266 g/mol. The van der Waals surface area contributed by atoms with Crippen molar-refractivity contribution in [3.05, 3.63) is 28.2 Å². The predicted octanol–water partition coefficient (Wildman–Crippen LogP) is 3.76. The van der Waals surface area contributed by atoms with E-state index in [9.17, 15) is 0 Å². The number of benzene rings is 1. The first-order valence-electron chi connectivity index (χ1n) is 5.64. The third-order valence-corrected chi connectivity index (χ3v) is 2.94. The van der Waals surface area contributed by atoms with E-state index in [1.54, 1.807) is 0 Å². The Hall–Kier alpha value is -0.540. The van der Waals surface area contributed by atoms with Crippen LogP contribution in [0.5, 0.6) is 5.75 Å². The van der Waals surface area contributed by atoms with Gasteiger partial charge in [-0.05, 0) is 38.1 Å². The van der Waals surface area contributed by atoms with Crippen molar-refractivity contribution in [2.75, 3.05) is 13.7 Å². The lowest BCUT2D eigenvalue weighted by Crippen LogP contribution is -2.15. The van der Waals surface area contributed by atoms with Crippen LogP contribution in [0, 0.1) is 5.92 Å². The molecule has 2 nitrogen and oxygen atoms in total. The summed E-state index contributed by atoms with van der Waals surface area (Å²) in [5, 5.41) is 3.24. The van der Waals surface area contributed by atoms with Gasteiger partial charge < -0.3 is 10.1 Å². The lowest BCUT2D eigenvalue weighted by Gasteiger charge is -2.17. The van der Waals surface area contributed by atoms with Gasteiger partial charge in [0.25, 0.3) is 0 Å². The maximum Gasteiger partial charge on any atom is 0.124 e. The Kier molecular flexibility index (Phi) is 5.29. The first-order valence-corrected chi connectivity index (χ1v) is 6.43. The van der Waals surface area contributed by atoms with E-state index in [2.05, 4.69) is 48.1 Å². The minimum absolute atomic E-state index is 0.291. The van der Waals surface area contributed by atoms with E-state index in [1.165, 1.54) is 5.56 Å². The summed E-state index contributed by atoms with van der Waals surface area (Å²) >= 11 is 3.49. The maximum atomic E-state index is 5.82. The Morgan fingerprint density at radius 1 is 1.31 bits per heavy atom. The zero-order chi connectivity index (χ0) is 12.1. The van der Waals surface area contributed by atoms with Gasteiger partial charge in [-0.3, -0.25) is 0 Å². The normalized spacial score (nSPS) is 12.9. The standard InChI is InChI=1S/C13H20BrNO/c1-9(2)8-16-13-6-5-11(14)7-12(13)10(3)15-4/h5-7,9-10,15H,8H2,1-4H3. The molecule has 0 aliphatic rings. The van der Waals surface area contributed by atoms with Crippen molar-refractivity contribution in [1.29, 1.82) is 0 Å². The summed E-state index contributed by atoms with van der Waals surface area (Å²) in [6.07, 6.45) is 0. The topological polar surface area (TPSA) is 21.3 Å². The molecule has 0 saturated carbocycles. The SMILES string of the molecule is CNC(C)c1cc(Br)ccc1OCC(C)C. The minimum Gasteiger partial charge on any atom is -0.493 e. The summed E-state index contributed by atoms with van der Waals surface area (Å²) in [5.41, 5.74) is 1.19. The fourth-order valence-electron chi connectivity index (χ4n) is 1.40. The molecule has 1 N–H and O–H groups in total. The second kappa shape index (κ2) is 6.26. The molecule has 1 atom stereocenters. The van der Waals surface area contributed by atoms with Gasteiger partial charge in [0.15, 0.2) is 0 Å². The molecule has 0 aliphatic heterocycles. The van der Waals surface area contributed by atoms with E-state index in [0.29, 0.717) is 12.0 Å². The van der Waals surface area contributed by atoms with Crippen LogP contribution < -0.4 is 10.1 Å². The Labute approximate surface area is 107 Å². The average molecular weight is 286 g/mol. The average Bonchev–Trinajstić information content (AvgIpc) is 2.26. The second-order valence-corrected chi connectivity index (χ2v) is 5.31. The molecule has 1 aromatic rings. The van der Waals surface area contributed by atoms with Gasteiger partial charge in [-0.15, -0.1) is 0 Å². The van der Waals surface area contributed by atoms with Crippen molar-refractivity contribution in [3.8, 4) is 5.75 Å². The highest BCUT2D eigenvalue weighted by molar-refractivity contribution is 9.10. The fraction of sp³-hybridized carbons (Fsp3) is 0.538. The van der Waals surface area contributed by atoms with Crippen LogP contribution in [0.25, 0.3) is 0 Å². The van der Waals surface area contributed by atoms with Crippen molar-refractivity contribution in [2.45, 2.75) is 26.8 Å². The molecule has 1 aromatic carbocycles. The van der Waals surface area contributed by atoms with E-state index in [0.717, 1.165) is 16.8 Å². The van der Waals surface area contributed by atoms with Gasteiger partial charge in [0.2, 0.25) is 0 Å². The van der Waals surface area contributed by atoms with Gasteiger partial charge in [-0.25, -0.2) is 0 Å². The van der Waals surface area contributed by atoms with Crippen LogP contribution in [0.15, 0.2) is 22.7 Å². The van der Waals surface area contributed by atoms with Crippen molar-refractivity contribution in [2.24, 2.45) is 5.92 Å². The van der Waals surface area contributed by atoms with Crippen LogP contribution in [-0.4, -0.2) is 13.7 Å². The Morgan fingerprint density at radius 2 is 2.00 bits per heavy atom. The summed E-state index contributed by atoms with van der Waals surface area (Å²) in [4.78, 5) is 0. The van der Waals surface area contributed by atoms with Crippen LogP contribution >= 0.6 is 15.9 Å². The van der Waals surface area contributed by atoms with E-state index >= 15 is 0 Å². The number of ether oxygens (including phenoxy) is 1. The molecule has 0 radical (unpaired) electrons. The van der Waals surface area contributed by atoms with Gasteiger partial charge in [0, 0.05) is 16.1 Å². The lowest BCUT2D eigenvalue weighted by molar-refractivity contribution is 0.266. The Bertz CT molecular complexity index is 339. The number of hydrogen-bond acceptors (Lipinski definition) is 2. The molecule has 0 heterocycles. The van der Waals surface area contributed by atoms with Gasteiger partial charge >= 0.3 is 0 Å². The second-order valence-electron chi connectivity index (χ2n) is 4.40. The van der Waals surface area contributed by atoms with Crippen LogP contribution in [-0.2, 0) is 0 Å². The van der Waals surface area contributed by atoms with Crippen molar-refractivity contribution in [1.82, 2.24) is 5.32 Å². The molecule has 0 saturated heterocycles. The Balaban J connectivity index is 2.89. The van der Waals surface area contributed by atoms with E-state index in [4.69, 9.17) is 4.74 Å². The van der Waals surface area contributed by atoms with Crippen LogP contribution in [0.1, 0.15) is 32.4 Å². The van der Waals surface area contributed by atoms with E-state index < -0.39 is 0 Å². The van der Waals surface area contributed by atoms with Crippen molar-refractivity contribution >= 4 is 15.9 Å². The van der Waals surface area contributed by atoms with Crippen molar-refractivity contribution in [3.63, 3.8) is 0 Å². The summed E-state index contributed by atoms with van der Waals surface area (Å²) in [6, 6.07) is 6.44. The molecule has 0 fully saturated rings. The quantitative estimate of drug-likeness (QED) is 0.889. The summed E-state index contributed by atoms with van der Waals surface area (Å²) in [7, 11) is 1.96. The molecule has 3 heteroatoms. The van der Waals surface area contributed by atoms with Crippen molar-refractivity contribution < 1.29 is 4.74 Å². The minimum atomic E-state index is 0.291. The fourth-order valence-corrected chi connectivity index (χ4v) is 1.78. The molecule has 90 valence electrons. The smallest absolute Gasteiger partial charge is 0.124 e. The van der Waals surface area contributed by atoms with Crippen LogP contribution in [0.3, 0.4) is 0 Å². The molecule has 0 aromatic heterocycles. The molecule has 16 heavy (non-hydrogen) atoms. The highest BCUT2D eigenvalue weighted by Crippen LogP contribution is 2.28. The molecular formula is C13H20BrNO. The third-order valence-electron chi connectivity index (χ3n) is 2.44. The Morgan fingerprint density at radius 3 is 2.56 bits per heavy atom. The first-order chi connectivity index (χ1) is 7.54. The highest BCUT2D eigenvalue weighted by Gasteiger charge is 2.11. The number of hydrogen-bond donors (Lipinski definition) is 1. The lowest BCUT2D eigenvalue weighted by atomic mass is 10.1. The van der Waals surface area contributed by atoms with Gasteiger partial charge in [-0.2, -0.15) is 0 Å². The maximum absolute atomic E-state index is 5.82.